The van der Waals surface area contributed by atoms with Crippen LogP contribution in [0.5, 0.6) is 0 Å². The summed E-state index contributed by atoms with van der Waals surface area (Å²) in [6.45, 7) is 3.43. The molecule has 0 unspecified atom stereocenters. The van der Waals surface area contributed by atoms with E-state index < -0.39 is 17.8 Å². The topological polar surface area (TPSA) is 68.0 Å². The number of nitrogens with two attached hydrogens (primary N) is 1. The third-order valence-electron chi connectivity index (χ3n) is 1.88. The van der Waals surface area contributed by atoms with Crippen LogP contribution in [0.4, 0.5) is 19.0 Å². The fourth-order valence-electron chi connectivity index (χ4n) is 1.20. The molecule has 0 radical (unpaired) electrons. The number of nitrogens with zero attached hydrogens (tertiary/aromatic N) is 1. The van der Waals surface area contributed by atoms with Gasteiger partial charge in [0.1, 0.15) is 11.5 Å². The molecule has 1 rings (SSSR count). The summed E-state index contributed by atoms with van der Waals surface area (Å²) in [5, 5.41) is 2.66. The maximum atomic E-state index is 12.4. The monoisotopic (exact) mass is 247 g/mol. The van der Waals surface area contributed by atoms with Gasteiger partial charge >= 0.3 is 6.18 Å². The number of pyridine rings is 1. The van der Waals surface area contributed by atoms with Gasteiger partial charge in [-0.05, 0) is 26.0 Å². The minimum Gasteiger partial charge on any atom is -0.367 e. The highest BCUT2D eigenvalue weighted by Gasteiger charge is 2.33. The van der Waals surface area contributed by atoms with Gasteiger partial charge in [-0.15, -0.1) is 0 Å². The summed E-state index contributed by atoms with van der Waals surface area (Å²) in [5.41, 5.74) is 3.92. The Labute approximate surface area is 96.0 Å². The van der Waals surface area contributed by atoms with Gasteiger partial charge in [-0.2, -0.15) is 13.2 Å². The van der Waals surface area contributed by atoms with Crippen LogP contribution in [0.2, 0.25) is 0 Å². The van der Waals surface area contributed by atoms with Crippen LogP contribution >= 0.6 is 0 Å². The maximum absolute atomic E-state index is 12.4. The third kappa shape index (κ3) is 3.33. The number of carbonyl (C=O) groups excluding carboxylic acids is 1. The Bertz CT molecular complexity index is 429. The second-order valence-corrected chi connectivity index (χ2v) is 3.75. The van der Waals surface area contributed by atoms with Crippen molar-refractivity contribution in [2.45, 2.75) is 26.1 Å². The van der Waals surface area contributed by atoms with Crippen molar-refractivity contribution in [1.82, 2.24) is 4.98 Å². The van der Waals surface area contributed by atoms with Crippen LogP contribution in [-0.4, -0.2) is 16.9 Å². The van der Waals surface area contributed by atoms with Gasteiger partial charge in [0.05, 0.1) is 5.56 Å². The summed E-state index contributed by atoms with van der Waals surface area (Å²) in [5.74, 6) is -0.975. The Morgan fingerprint density at radius 1 is 1.41 bits per heavy atom. The molecule has 0 saturated heterocycles. The number of rotatable bonds is 3. The quantitative estimate of drug-likeness (QED) is 0.858. The summed E-state index contributed by atoms with van der Waals surface area (Å²) in [6, 6.07) is 1.58. The second kappa shape index (κ2) is 4.60. The molecule has 0 spiro atoms. The van der Waals surface area contributed by atoms with Gasteiger partial charge in [-0.3, -0.25) is 4.79 Å². The van der Waals surface area contributed by atoms with Gasteiger partial charge in [0.2, 0.25) is 0 Å². The normalized spacial score (nSPS) is 11.6. The lowest BCUT2D eigenvalue weighted by Gasteiger charge is -2.14. The molecule has 94 valence electrons. The van der Waals surface area contributed by atoms with Gasteiger partial charge in [-0.1, -0.05) is 0 Å². The first-order valence-electron chi connectivity index (χ1n) is 4.86. The van der Waals surface area contributed by atoms with Crippen molar-refractivity contribution >= 4 is 11.7 Å². The molecule has 0 aliphatic rings. The zero-order valence-corrected chi connectivity index (χ0v) is 9.30. The molecule has 1 aromatic heterocycles. The molecule has 1 aromatic rings. The van der Waals surface area contributed by atoms with Crippen molar-refractivity contribution in [2.75, 3.05) is 5.32 Å². The van der Waals surface area contributed by atoms with Gasteiger partial charge in [0.15, 0.2) is 0 Å². The SMILES string of the molecule is CC(C)Nc1nc(C(F)(F)F)ccc1C(N)=O. The second-order valence-electron chi connectivity index (χ2n) is 3.75. The Kier molecular flexibility index (Phi) is 3.59. The number of hydrogen-bond donors (Lipinski definition) is 2. The molecule has 0 aromatic carbocycles. The largest absolute Gasteiger partial charge is 0.433 e. The van der Waals surface area contributed by atoms with Crippen molar-refractivity contribution in [1.29, 1.82) is 0 Å². The van der Waals surface area contributed by atoms with Gasteiger partial charge in [0, 0.05) is 6.04 Å². The zero-order chi connectivity index (χ0) is 13.2. The number of aromatic nitrogens is 1. The van der Waals surface area contributed by atoms with Gasteiger partial charge in [0.25, 0.3) is 5.91 Å². The van der Waals surface area contributed by atoms with Gasteiger partial charge in [-0.25, -0.2) is 4.98 Å². The summed E-state index contributed by atoms with van der Waals surface area (Å²) in [7, 11) is 0. The minimum absolute atomic E-state index is 0.0632. The van der Waals surface area contributed by atoms with Crippen LogP contribution in [0.15, 0.2) is 12.1 Å². The van der Waals surface area contributed by atoms with Crippen LogP contribution in [-0.2, 0) is 6.18 Å². The highest BCUT2D eigenvalue weighted by molar-refractivity contribution is 5.97. The lowest BCUT2D eigenvalue weighted by molar-refractivity contribution is -0.141. The highest BCUT2D eigenvalue weighted by atomic mass is 19.4. The zero-order valence-electron chi connectivity index (χ0n) is 9.30. The number of carbonyl (C=O) groups is 1. The minimum atomic E-state index is -4.55. The Morgan fingerprint density at radius 3 is 2.41 bits per heavy atom. The molecule has 0 aliphatic heterocycles. The molecule has 0 saturated carbocycles. The van der Waals surface area contributed by atoms with Crippen molar-refractivity contribution in [3.8, 4) is 0 Å². The van der Waals surface area contributed by atoms with E-state index in [1.165, 1.54) is 0 Å². The van der Waals surface area contributed by atoms with Crippen LogP contribution in [0.3, 0.4) is 0 Å². The number of nitrogens with one attached hydrogen (secondary N) is 1. The highest BCUT2D eigenvalue weighted by Crippen LogP contribution is 2.29. The van der Waals surface area contributed by atoms with Crippen LogP contribution in [0.25, 0.3) is 0 Å². The Balaban J connectivity index is 3.24. The summed E-state index contributed by atoms with van der Waals surface area (Å²) >= 11 is 0. The van der Waals surface area contributed by atoms with Crippen molar-refractivity contribution in [2.24, 2.45) is 5.73 Å². The third-order valence-corrected chi connectivity index (χ3v) is 1.88. The van der Waals surface area contributed by atoms with Crippen molar-refractivity contribution < 1.29 is 18.0 Å². The number of hydrogen-bond acceptors (Lipinski definition) is 3. The van der Waals surface area contributed by atoms with E-state index in [-0.39, 0.29) is 17.4 Å². The first-order valence-corrected chi connectivity index (χ1v) is 4.86. The standard InChI is InChI=1S/C10H12F3N3O/c1-5(2)15-9-6(8(14)17)3-4-7(16-9)10(11,12)13/h3-5H,1-2H3,(H2,14,17)(H,15,16). The molecule has 0 atom stereocenters. The molecule has 3 N–H and O–H groups in total. The molecular weight excluding hydrogens is 235 g/mol. The molecule has 0 fully saturated rings. The molecule has 4 nitrogen and oxygen atoms in total. The molecule has 0 aliphatic carbocycles. The van der Waals surface area contributed by atoms with Crippen molar-refractivity contribution in [3.05, 3.63) is 23.4 Å². The number of primary amides is 1. The first-order chi connectivity index (χ1) is 7.71. The number of halogens is 3. The summed E-state index contributed by atoms with van der Waals surface area (Å²) in [6.07, 6.45) is -4.55. The van der Waals surface area contributed by atoms with E-state index in [4.69, 9.17) is 5.73 Å². The van der Waals surface area contributed by atoms with E-state index >= 15 is 0 Å². The van der Waals surface area contributed by atoms with E-state index in [0.717, 1.165) is 12.1 Å². The van der Waals surface area contributed by atoms with E-state index in [1.807, 2.05) is 0 Å². The van der Waals surface area contributed by atoms with Crippen molar-refractivity contribution in [3.63, 3.8) is 0 Å². The maximum Gasteiger partial charge on any atom is 0.433 e. The fourth-order valence-corrected chi connectivity index (χ4v) is 1.20. The average molecular weight is 247 g/mol. The summed E-state index contributed by atoms with van der Waals surface area (Å²) in [4.78, 5) is 14.4. The van der Waals surface area contributed by atoms with Crippen LogP contribution in [0, 0.1) is 0 Å². The number of amides is 1. The molecular formula is C10H12F3N3O. The lowest BCUT2D eigenvalue weighted by Crippen LogP contribution is -2.21. The van der Waals surface area contributed by atoms with Crippen LogP contribution < -0.4 is 11.1 Å². The smallest absolute Gasteiger partial charge is 0.367 e. The predicted octanol–water partition coefficient (Wildman–Crippen LogP) is 2.02. The Hall–Kier alpha value is -1.79. The molecule has 7 heteroatoms. The van der Waals surface area contributed by atoms with E-state index in [1.54, 1.807) is 13.8 Å². The molecule has 1 amide bonds. The number of anilines is 1. The number of alkyl halides is 3. The Morgan fingerprint density at radius 2 is 2.00 bits per heavy atom. The fraction of sp³-hybridized carbons (Fsp3) is 0.400. The molecule has 17 heavy (non-hydrogen) atoms. The molecule has 1 heterocycles. The van der Waals surface area contributed by atoms with E-state index in [0.29, 0.717) is 0 Å². The van der Waals surface area contributed by atoms with E-state index in [2.05, 4.69) is 10.3 Å². The van der Waals surface area contributed by atoms with Gasteiger partial charge < -0.3 is 11.1 Å². The molecule has 0 bridgehead atoms. The first kappa shape index (κ1) is 13.3. The van der Waals surface area contributed by atoms with E-state index in [9.17, 15) is 18.0 Å². The van der Waals surface area contributed by atoms with Crippen LogP contribution in [0.1, 0.15) is 29.9 Å². The lowest BCUT2D eigenvalue weighted by atomic mass is 10.2. The average Bonchev–Trinajstić information content (AvgIpc) is 2.14. The summed E-state index contributed by atoms with van der Waals surface area (Å²) < 4.78 is 37.3. The predicted molar refractivity (Wildman–Crippen MR) is 56.5 cm³/mol.